The zero-order valence-electron chi connectivity index (χ0n) is 12.8. The number of carbonyl (C=O) groups is 3. The minimum absolute atomic E-state index is 0.140. The number of halogens is 2. The molecule has 1 aliphatic heterocycles. The zero-order valence-corrected chi connectivity index (χ0v) is 15.2. The van der Waals surface area contributed by atoms with Crippen molar-refractivity contribution in [1.82, 2.24) is 15.1 Å². The molecule has 0 aliphatic carbocycles. The van der Waals surface area contributed by atoms with Crippen molar-refractivity contribution >= 4 is 51.1 Å². The van der Waals surface area contributed by atoms with Crippen LogP contribution in [0.3, 0.4) is 0 Å². The van der Waals surface area contributed by atoms with Gasteiger partial charge in [0.05, 0.1) is 11.1 Å². The molecular formula is C16H12BrClN4O3. The monoisotopic (exact) mass is 422 g/mol. The summed E-state index contributed by atoms with van der Waals surface area (Å²) >= 11 is 8.91. The highest BCUT2D eigenvalue weighted by atomic mass is 79.9. The molecule has 1 aliphatic rings. The SMILES string of the molecule is O=C(CCCN1C(=O)c2ccc(Br)cc2C1=O)Nc1ccc(Cl)nn1. The largest absolute Gasteiger partial charge is 0.309 e. The van der Waals surface area contributed by atoms with Crippen LogP contribution < -0.4 is 5.32 Å². The van der Waals surface area contributed by atoms with Crippen molar-refractivity contribution in [3.05, 3.63) is 51.1 Å². The molecule has 0 spiro atoms. The fourth-order valence-corrected chi connectivity index (χ4v) is 2.91. The van der Waals surface area contributed by atoms with Crippen LogP contribution in [-0.4, -0.2) is 39.4 Å². The van der Waals surface area contributed by atoms with Crippen LogP contribution in [0.4, 0.5) is 5.82 Å². The number of carbonyl (C=O) groups excluding carboxylic acids is 3. The Labute approximate surface area is 156 Å². The molecule has 2 heterocycles. The van der Waals surface area contributed by atoms with Gasteiger partial charge in [0.15, 0.2) is 11.0 Å². The lowest BCUT2D eigenvalue weighted by atomic mass is 10.1. The van der Waals surface area contributed by atoms with Gasteiger partial charge in [-0.3, -0.25) is 19.3 Å². The molecule has 1 aromatic heterocycles. The Bertz CT molecular complexity index is 857. The lowest BCUT2D eigenvalue weighted by Gasteiger charge is -2.13. The molecule has 0 saturated carbocycles. The molecule has 25 heavy (non-hydrogen) atoms. The number of nitrogens with zero attached hydrogens (tertiary/aromatic N) is 3. The van der Waals surface area contributed by atoms with Gasteiger partial charge in [0.1, 0.15) is 0 Å². The van der Waals surface area contributed by atoms with Crippen molar-refractivity contribution in [2.45, 2.75) is 12.8 Å². The van der Waals surface area contributed by atoms with Gasteiger partial charge in [0, 0.05) is 17.4 Å². The molecule has 0 fully saturated rings. The first-order valence-corrected chi connectivity index (χ1v) is 8.57. The van der Waals surface area contributed by atoms with Crippen LogP contribution in [0.2, 0.25) is 5.15 Å². The minimum atomic E-state index is -0.342. The molecule has 3 amide bonds. The first-order valence-electron chi connectivity index (χ1n) is 7.40. The second-order valence-corrected chi connectivity index (χ2v) is 6.65. The van der Waals surface area contributed by atoms with Gasteiger partial charge < -0.3 is 5.32 Å². The highest BCUT2D eigenvalue weighted by Gasteiger charge is 2.35. The van der Waals surface area contributed by atoms with Gasteiger partial charge in [0.2, 0.25) is 5.91 Å². The summed E-state index contributed by atoms with van der Waals surface area (Å²) < 4.78 is 0.734. The van der Waals surface area contributed by atoms with Gasteiger partial charge >= 0.3 is 0 Å². The minimum Gasteiger partial charge on any atom is -0.309 e. The third kappa shape index (κ3) is 3.85. The van der Waals surface area contributed by atoms with Crippen molar-refractivity contribution in [2.75, 3.05) is 11.9 Å². The molecule has 9 heteroatoms. The fourth-order valence-electron chi connectivity index (χ4n) is 2.45. The maximum Gasteiger partial charge on any atom is 0.261 e. The average Bonchev–Trinajstić information content (AvgIpc) is 2.81. The number of fused-ring (bicyclic) bond motifs is 1. The number of hydrogen-bond donors (Lipinski definition) is 1. The highest BCUT2D eigenvalue weighted by Crippen LogP contribution is 2.26. The average molecular weight is 424 g/mol. The second kappa shape index (κ2) is 7.28. The predicted octanol–water partition coefficient (Wildman–Crippen LogP) is 2.91. The predicted molar refractivity (Wildman–Crippen MR) is 94.4 cm³/mol. The Balaban J connectivity index is 1.54. The Morgan fingerprint density at radius 1 is 1.12 bits per heavy atom. The van der Waals surface area contributed by atoms with E-state index in [2.05, 4.69) is 31.4 Å². The molecule has 128 valence electrons. The molecule has 0 saturated heterocycles. The van der Waals surface area contributed by atoms with Gasteiger partial charge in [-0.2, -0.15) is 0 Å². The first-order chi connectivity index (χ1) is 12.0. The van der Waals surface area contributed by atoms with Crippen LogP contribution in [0.1, 0.15) is 33.6 Å². The Morgan fingerprint density at radius 2 is 1.88 bits per heavy atom. The maximum atomic E-state index is 12.3. The number of imide groups is 1. The van der Waals surface area contributed by atoms with Gasteiger partial charge in [-0.1, -0.05) is 27.5 Å². The fraction of sp³-hybridized carbons (Fsp3) is 0.188. The van der Waals surface area contributed by atoms with Crippen molar-refractivity contribution in [1.29, 1.82) is 0 Å². The van der Waals surface area contributed by atoms with Crippen molar-refractivity contribution in [2.24, 2.45) is 0 Å². The molecule has 2 aromatic rings. The van der Waals surface area contributed by atoms with Crippen molar-refractivity contribution in [3.63, 3.8) is 0 Å². The highest BCUT2D eigenvalue weighted by molar-refractivity contribution is 9.10. The summed E-state index contributed by atoms with van der Waals surface area (Å²) in [4.78, 5) is 37.6. The number of aromatic nitrogens is 2. The third-order valence-electron chi connectivity index (χ3n) is 3.62. The van der Waals surface area contributed by atoms with Crippen LogP contribution in [0, 0.1) is 0 Å². The van der Waals surface area contributed by atoms with E-state index in [1.165, 1.54) is 12.1 Å². The number of anilines is 1. The number of rotatable bonds is 5. The molecule has 0 radical (unpaired) electrons. The summed E-state index contributed by atoms with van der Waals surface area (Å²) in [5, 5.41) is 10.2. The van der Waals surface area contributed by atoms with Gasteiger partial charge in [0.25, 0.3) is 11.8 Å². The molecule has 1 N–H and O–H groups in total. The van der Waals surface area contributed by atoms with Gasteiger partial charge in [-0.25, -0.2) is 0 Å². The number of nitrogens with one attached hydrogen (secondary N) is 1. The van der Waals surface area contributed by atoms with E-state index >= 15 is 0 Å². The smallest absolute Gasteiger partial charge is 0.261 e. The van der Waals surface area contributed by atoms with Crippen molar-refractivity contribution < 1.29 is 14.4 Å². The number of hydrogen-bond acceptors (Lipinski definition) is 5. The van der Waals surface area contributed by atoms with E-state index in [4.69, 9.17) is 11.6 Å². The summed E-state index contributed by atoms with van der Waals surface area (Å²) in [5.41, 5.74) is 0.759. The van der Waals surface area contributed by atoms with Crippen LogP contribution in [0.15, 0.2) is 34.8 Å². The molecule has 0 unspecified atom stereocenters. The lowest BCUT2D eigenvalue weighted by molar-refractivity contribution is -0.116. The Kier molecular flexibility index (Phi) is 5.10. The van der Waals surface area contributed by atoms with E-state index in [1.807, 2.05) is 0 Å². The summed E-state index contributed by atoms with van der Waals surface area (Å²) in [6, 6.07) is 8.01. The van der Waals surface area contributed by atoms with E-state index in [1.54, 1.807) is 18.2 Å². The van der Waals surface area contributed by atoms with Crippen LogP contribution in [-0.2, 0) is 4.79 Å². The van der Waals surface area contributed by atoms with E-state index in [9.17, 15) is 14.4 Å². The lowest BCUT2D eigenvalue weighted by Crippen LogP contribution is -2.31. The van der Waals surface area contributed by atoms with Gasteiger partial charge in [-0.15, -0.1) is 10.2 Å². The molecule has 0 atom stereocenters. The summed E-state index contributed by atoms with van der Waals surface area (Å²) in [6.07, 6.45) is 0.487. The zero-order chi connectivity index (χ0) is 18.0. The third-order valence-corrected chi connectivity index (χ3v) is 4.31. The van der Waals surface area contributed by atoms with Crippen molar-refractivity contribution in [3.8, 4) is 0 Å². The molecule has 3 rings (SSSR count). The maximum absolute atomic E-state index is 12.3. The van der Waals surface area contributed by atoms with E-state index < -0.39 is 0 Å². The number of amides is 3. The van der Waals surface area contributed by atoms with E-state index in [0.717, 1.165) is 9.37 Å². The second-order valence-electron chi connectivity index (χ2n) is 5.34. The first kappa shape index (κ1) is 17.5. The molecular weight excluding hydrogens is 412 g/mol. The van der Waals surface area contributed by atoms with Crippen LogP contribution in [0.5, 0.6) is 0 Å². The molecule has 7 nitrogen and oxygen atoms in total. The molecule has 0 bridgehead atoms. The van der Waals surface area contributed by atoms with E-state index in [0.29, 0.717) is 23.4 Å². The Morgan fingerprint density at radius 3 is 2.60 bits per heavy atom. The summed E-state index contributed by atoms with van der Waals surface area (Å²) in [5.74, 6) is -0.669. The van der Waals surface area contributed by atoms with E-state index in [-0.39, 0.29) is 35.8 Å². The summed E-state index contributed by atoms with van der Waals surface area (Å²) in [7, 11) is 0. The quantitative estimate of drug-likeness (QED) is 0.747. The van der Waals surface area contributed by atoms with Crippen LogP contribution >= 0.6 is 27.5 Å². The molecule has 1 aromatic carbocycles. The topological polar surface area (TPSA) is 92.3 Å². The number of benzene rings is 1. The van der Waals surface area contributed by atoms with Gasteiger partial charge in [-0.05, 0) is 36.8 Å². The normalized spacial score (nSPS) is 13.1. The standard InChI is InChI=1S/C16H12BrClN4O3/c17-9-3-4-10-11(8-9)16(25)22(15(10)24)7-1-2-14(23)19-13-6-5-12(18)20-21-13/h3-6,8H,1-2,7H2,(H,19,21,23). The Hall–Kier alpha value is -2.32. The van der Waals surface area contributed by atoms with Crippen LogP contribution in [0.25, 0.3) is 0 Å². The summed E-state index contributed by atoms with van der Waals surface area (Å²) in [6.45, 7) is 0.170.